The van der Waals surface area contributed by atoms with E-state index in [2.05, 4.69) is 20.1 Å². The quantitative estimate of drug-likeness (QED) is 0.451. The van der Waals surface area contributed by atoms with E-state index in [9.17, 15) is 9.59 Å². The predicted octanol–water partition coefficient (Wildman–Crippen LogP) is 3.17. The van der Waals surface area contributed by atoms with Gasteiger partial charge in [0.1, 0.15) is 12.2 Å². The summed E-state index contributed by atoms with van der Waals surface area (Å²) in [6.07, 6.45) is 5.44. The molecule has 0 aliphatic heterocycles. The summed E-state index contributed by atoms with van der Waals surface area (Å²) in [5.74, 6) is -0.980. The zero-order valence-corrected chi connectivity index (χ0v) is 11.9. The van der Waals surface area contributed by atoms with Crippen molar-refractivity contribution in [1.29, 1.82) is 0 Å². The molecule has 0 aromatic rings. The Morgan fingerprint density at radius 2 is 1.42 bits per heavy atom. The molecular formula is C15H24O4. The van der Waals surface area contributed by atoms with Gasteiger partial charge in [-0.2, -0.15) is 0 Å². The maximum absolute atomic E-state index is 11.3. The summed E-state index contributed by atoms with van der Waals surface area (Å²) < 4.78 is 10.6. The van der Waals surface area contributed by atoms with Gasteiger partial charge in [0.25, 0.3) is 0 Å². The highest BCUT2D eigenvalue weighted by Crippen LogP contribution is 2.17. The highest BCUT2D eigenvalue weighted by Gasteiger charge is 2.26. The third-order valence-corrected chi connectivity index (χ3v) is 2.70. The molecule has 0 saturated heterocycles. The van der Waals surface area contributed by atoms with Crippen molar-refractivity contribution in [2.24, 2.45) is 0 Å². The van der Waals surface area contributed by atoms with Crippen LogP contribution in [0.2, 0.25) is 0 Å². The highest BCUT2D eigenvalue weighted by atomic mass is 16.6. The van der Waals surface area contributed by atoms with Gasteiger partial charge in [0.15, 0.2) is 0 Å². The number of hydrogen-bond acceptors (Lipinski definition) is 4. The molecule has 108 valence electrons. The minimum Gasteiger partial charge on any atom is -0.455 e. The first kappa shape index (κ1) is 17.4. The van der Waals surface area contributed by atoms with Gasteiger partial charge in [-0.3, -0.25) is 0 Å². The monoisotopic (exact) mass is 268 g/mol. The maximum atomic E-state index is 11.3. The van der Waals surface area contributed by atoms with E-state index in [1.54, 1.807) is 0 Å². The molecule has 0 spiro atoms. The van der Waals surface area contributed by atoms with E-state index in [0.29, 0.717) is 12.8 Å². The lowest BCUT2D eigenvalue weighted by Crippen LogP contribution is -2.34. The number of rotatable bonds is 10. The molecule has 0 fully saturated rings. The summed E-state index contributed by atoms with van der Waals surface area (Å²) in [7, 11) is 0. The van der Waals surface area contributed by atoms with E-state index in [1.807, 2.05) is 6.92 Å². The number of hydrogen-bond donors (Lipinski definition) is 0. The third-order valence-electron chi connectivity index (χ3n) is 2.70. The van der Waals surface area contributed by atoms with E-state index in [-0.39, 0.29) is 0 Å². The van der Waals surface area contributed by atoms with Gasteiger partial charge < -0.3 is 9.47 Å². The topological polar surface area (TPSA) is 52.6 Å². The van der Waals surface area contributed by atoms with Crippen LogP contribution in [0.3, 0.4) is 0 Å². The fourth-order valence-corrected chi connectivity index (χ4v) is 1.73. The largest absolute Gasteiger partial charge is 0.455 e. The van der Waals surface area contributed by atoms with Crippen molar-refractivity contribution in [1.82, 2.24) is 0 Å². The Morgan fingerprint density at radius 3 is 1.79 bits per heavy atom. The first-order chi connectivity index (χ1) is 9.08. The van der Waals surface area contributed by atoms with Crippen molar-refractivity contribution in [3.8, 4) is 0 Å². The molecule has 2 atom stereocenters. The second-order valence-electron chi connectivity index (χ2n) is 4.29. The molecule has 0 N–H and O–H groups in total. The van der Waals surface area contributed by atoms with Crippen LogP contribution in [0.4, 0.5) is 0 Å². The summed E-state index contributed by atoms with van der Waals surface area (Å²) in [5.41, 5.74) is 0. The van der Waals surface area contributed by atoms with Crippen LogP contribution >= 0.6 is 0 Å². The van der Waals surface area contributed by atoms with E-state index in [0.717, 1.165) is 31.4 Å². The Labute approximate surface area is 115 Å². The number of esters is 2. The molecule has 0 aromatic carbocycles. The normalized spacial score (nSPS) is 13.2. The first-order valence-electron chi connectivity index (χ1n) is 6.75. The van der Waals surface area contributed by atoms with Crippen molar-refractivity contribution < 1.29 is 19.1 Å². The van der Waals surface area contributed by atoms with Crippen molar-refractivity contribution in [3.05, 3.63) is 25.3 Å². The van der Waals surface area contributed by atoms with E-state index in [1.165, 1.54) is 0 Å². The van der Waals surface area contributed by atoms with Crippen molar-refractivity contribution >= 4 is 11.9 Å². The standard InChI is InChI=1S/C15H24O4/c1-5-9-11-13(19-15(17)8-4)12(10-6-2)18-14(16)7-3/h7-8,12-13H,3-6,9-11H2,1-2H3. The molecule has 0 saturated carbocycles. The van der Waals surface area contributed by atoms with E-state index >= 15 is 0 Å². The average molecular weight is 268 g/mol. The van der Waals surface area contributed by atoms with Gasteiger partial charge in [-0.25, -0.2) is 9.59 Å². The van der Waals surface area contributed by atoms with Gasteiger partial charge in [-0.15, -0.1) is 0 Å². The Hall–Kier alpha value is -1.58. The van der Waals surface area contributed by atoms with Crippen molar-refractivity contribution in [3.63, 3.8) is 0 Å². The molecule has 2 unspecified atom stereocenters. The van der Waals surface area contributed by atoms with Crippen LogP contribution < -0.4 is 0 Å². The molecule has 0 bridgehead atoms. The second-order valence-corrected chi connectivity index (χ2v) is 4.29. The van der Waals surface area contributed by atoms with Gasteiger partial charge in [-0.1, -0.05) is 39.8 Å². The SMILES string of the molecule is C=CC(=O)OC(CCC)C(CCCC)OC(=O)C=C. The van der Waals surface area contributed by atoms with Crippen LogP contribution in [0.15, 0.2) is 25.3 Å². The van der Waals surface area contributed by atoms with Gasteiger partial charge in [-0.05, 0) is 19.3 Å². The molecule has 0 radical (unpaired) electrons. The van der Waals surface area contributed by atoms with Crippen molar-refractivity contribution in [2.45, 2.75) is 58.2 Å². The molecule has 0 aromatic heterocycles. The minimum absolute atomic E-state index is 0.422. The second kappa shape index (κ2) is 10.4. The Morgan fingerprint density at radius 1 is 0.947 bits per heavy atom. The number of carbonyl (C=O) groups excluding carboxylic acids is 2. The lowest BCUT2D eigenvalue weighted by atomic mass is 10.0. The molecule has 19 heavy (non-hydrogen) atoms. The smallest absolute Gasteiger partial charge is 0.330 e. The summed E-state index contributed by atoms with van der Waals surface area (Å²) in [5, 5.41) is 0. The Kier molecular flexibility index (Phi) is 9.49. The van der Waals surface area contributed by atoms with Crippen LogP contribution in [0.5, 0.6) is 0 Å². The van der Waals surface area contributed by atoms with E-state index < -0.39 is 24.1 Å². The third kappa shape index (κ3) is 7.44. The fraction of sp³-hybridized carbons (Fsp3) is 0.600. The summed E-state index contributed by atoms with van der Waals surface area (Å²) in [6.45, 7) is 10.8. The minimum atomic E-state index is -0.491. The zero-order chi connectivity index (χ0) is 14.7. The number of unbranched alkanes of at least 4 members (excludes halogenated alkanes) is 1. The molecule has 0 aliphatic rings. The van der Waals surface area contributed by atoms with Crippen molar-refractivity contribution in [2.75, 3.05) is 0 Å². The summed E-state index contributed by atoms with van der Waals surface area (Å²) in [4.78, 5) is 22.7. The zero-order valence-electron chi connectivity index (χ0n) is 11.9. The summed E-state index contributed by atoms with van der Waals surface area (Å²) in [6, 6.07) is 0. The molecule has 0 heterocycles. The van der Waals surface area contributed by atoms with Gasteiger partial charge >= 0.3 is 11.9 Å². The fourth-order valence-electron chi connectivity index (χ4n) is 1.73. The van der Waals surface area contributed by atoms with Crippen LogP contribution in [0.25, 0.3) is 0 Å². The highest BCUT2D eigenvalue weighted by molar-refractivity contribution is 5.82. The van der Waals surface area contributed by atoms with Gasteiger partial charge in [0.05, 0.1) is 0 Å². The first-order valence-corrected chi connectivity index (χ1v) is 6.75. The molecule has 0 aliphatic carbocycles. The van der Waals surface area contributed by atoms with Crippen LogP contribution in [0, 0.1) is 0 Å². The molecule has 4 nitrogen and oxygen atoms in total. The number of ether oxygens (including phenoxy) is 2. The van der Waals surface area contributed by atoms with Gasteiger partial charge in [0.2, 0.25) is 0 Å². The maximum Gasteiger partial charge on any atom is 0.330 e. The van der Waals surface area contributed by atoms with E-state index in [4.69, 9.17) is 9.47 Å². The van der Waals surface area contributed by atoms with Crippen LogP contribution in [-0.2, 0) is 19.1 Å². The Bertz CT molecular complexity index is 309. The molecule has 4 heteroatoms. The Balaban J connectivity index is 4.76. The van der Waals surface area contributed by atoms with Gasteiger partial charge in [0, 0.05) is 12.2 Å². The lowest BCUT2D eigenvalue weighted by Gasteiger charge is -2.26. The summed E-state index contributed by atoms with van der Waals surface area (Å²) >= 11 is 0. The average Bonchev–Trinajstić information content (AvgIpc) is 2.42. The molecule has 0 rings (SSSR count). The number of carbonyl (C=O) groups is 2. The van der Waals surface area contributed by atoms with Crippen LogP contribution in [0.1, 0.15) is 46.0 Å². The predicted molar refractivity (Wildman–Crippen MR) is 74.6 cm³/mol. The van der Waals surface area contributed by atoms with Crippen LogP contribution in [-0.4, -0.2) is 24.1 Å². The lowest BCUT2D eigenvalue weighted by molar-refractivity contribution is -0.162. The molecular weight excluding hydrogens is 244 g/mol. The molecule has 0 amide bonds.